The van der Waals surface area contributed by atoms with Crippen LogP contribution in [0.1, 0.15) is 20.3 Å². The van der Waals surface area contributed by atoms with Crippen LogP contribution in [0.15, 0.2) is 18.2 Å². The maximum Gasteiger partial charge on any atom is 0.272 e. The number of benzene rings is 1. The number of hydrogen-bond acceptors (Lipinski definition) is 4. The van der Waals surface area contributed by atoms with Crippen molar-refractivity contribution in [3.8, 4) is 0 Å². The fourth-order valence-electron chi connectivity index (χ4n) is 2.68. The molecule has 1 aromatic rings. The van der Waals surface area contributed by atoms with E-state index in [0.717, 1.165) is 19.0 Å². The van der Waals surface area contributed by atoms with Crippen LogP contribution in [-0.4, -0.2) is 35.5 Å². The van der Waals surface area contributed by atoms with Gasteiger partial charge in [-0.25, -0.2) is 4.39 Å². The minimum absolute atomic E-state index is 0.178. The lowest BCUT2D eigenvalue weighted by Gasteiger charge is -2.40. The summed E-state index contributed by atoms with van der Waals surface area (Å²) in [4.78, 5) is 12.3. The highest BCUT2D eigenvalue weighted by Crippen LogP contribution is 2.27. The van der Waals surface area contributed by atoms with Gasteiger partial charge in [-0.05, 0) is 32.4 Å². The number of non-ortho nitro benzene ring substituents is 1. The molecule has 1 N–H and O–H groups in total. The predicted molar refractivity (Wildman–Crippen MR) is 76.3 cm³/mol. The van der Waals surface area contributed by atoms with Crippen LogP contribution < -0.4 is 5.32 Å². The number of nitro benzene ring substituents is 1. The number of nitro groups is 1. The minimum atomic E-state index is -0.590. The Bertz CT molecular complexity index is 509. The topological polar surface area (TPSA) is 58.4 Å². The van der Waals surface area contributed by atoms with Crippen molar-refractivity contribution in [2.24, 2.45) is 5.92 Å². The predicted octanol–water partition coefficient (Wildman–Crippen LogP) is 2.87. The van der Waals surface area contributed by atoms with Crippen molar-refractivity contribution in [1.82, 2.24) is 4.90 Å². The SMILES string of the molecule is CC1CN(C)C(C)CC1Nc1ccc([N+](=O)[O-])cc1F. The molecule has 1 aromatic carbocycles. The highest BCUT2D eigenvalue weighted by Gasteiger charge is 2.29. The number of halogens is 1. The first kappa shape index (κ1) is 14.7. The van der Waals surface area contributed by atoms with Gasteiger partial charge in [0.25, 0.3) is 5.69 Å². The van der Waals surface area contributed by atoms with Crippen molar-refractivity contribution in [1.29, 1.82) is 0 Å². The van der Waals surface area contributed by atoms with Crippen molar-refractivity contribution in [2.45, 2.75) is 32.4 Å². The Morgan fingerprint density at radius 2 is 2.15 bits per heavy atom. The summed E-state index contributed by atoms with van der Waals surface area (Å²) in [6, 6.07) is 4.35. The van der Waals surface area contributed by atoms with Crippen molar-refractivity contribution < 1.29 is 9.31 Å². The third kappa shape index (κ3) is 3.07. The minimum Gasteiger partial charge on any atom is -0.380 e. The van der Waals surface area contributed by atoms with Gasteiger partial charge in [-0.3, -0.25) is 10.1 Å². The molecule has 1 aliphatic heterocycles. The lowest BCUT2D eigenvalue weighted by atomic mass is 9.89. The van der Waals surface area contributed by atoms with Gasteiger partial charge in [-0.15, -0.1) is 0 Å². The molecule has 3 atom stereocenters. The number of nitrogens with one attached hydrogen (secondary N) is 1. The normalized spacial score (nSPS) is 27.3. The van der Waals surface area contributed by atoms with Gasteiger partial charge in [0.15, 0.2) is 5.82 Å². The number of anilines is 1. The molecule has 1 aliphatic rings. The van der Waals surface area contributed by atoms with E-state index < -0.39 is 10.7 Å². The molecule has 3 unspecified atom stereocenters. The molecule has 0 saturated carbocycles. The highest BCUT2D eigenvalue weighted by molar-refractivity contribution is 5.50. The van der Waals surface area contributed by atoms with Crippen LogP contribution in [0.25, 0.3) is 0 Å². The summed E-state index contributed by atoms with van der Waals surface area (Å²) in [6.45, 7) is 5.23. The Labute approximate surface area is 117 Å². The molecule has 0 radical (unpaired) electrons. The molecule has 0 aromatic heterocycles. The van der Waals surface area contributed by atoms with Crippen LogP contribution in [0.4, 0.5) is 15.8 Å². The number of nitrogens with zero attached hydrogens (tertiary/aromatic N) is 2. The summed E-state index contributed by atoms with van der Waals surface area (Å²) < 4.78 is 13.9. The standard InChI is InChI=1S/C14H20FN3O2/c1-9-8-17(3)10(2)6-14(9)16-13-5-4-11(18(19)20)7-12(13)15/h4-5,7,9-10,14,16H,6,8H2,1-3H3. The van der Waals surface area contributed by atoms with Gasteiger partial charge in [0.05, 0.1) is 16.7 Å². The molecule has 6 heteroatoms. The molecular formula is C14H20FN3O2. The molecular weight excluding hydrogens is 261 g/mol. The smallest absolute Gasteiger partial charge is 0.272 e. The van der Waals surface area contributed by atoms with Crippen molar-refractivity contribution in [2.75, 3.05) is 18.9 Å². The van der Waals surface area contributed by atoms with Gasteiger partial charge >= 0.3 is 0 Å². The zero-order valence-corrected chi connectivity index (χ0v) is 12.0. The molecule has 20 heavy (non-hydrogen) atoms. The summed E-state index contributed by atoms with van der Waals surface area (Å²) in [5, 5.41) is 13.8. The second-order valence-electron chi connectivity index (χ2n) is 5.67. The third-order valence-corrected chi connectivity index (χ3v) is 4.11. The Morgan fingerprint density at radius 3 is 2.75 bits per heavy atom. The Morgan fingerprint density at radius 1 is 1.45 bits per heavy atom. The number of hydrogen-bond donors (Lipinski definition) is 1. The molecule has 1 saturated heterocycles. The molecule has 110 valence electrons. The van der Waals surface area contributed by atoms with Crippen LogP contribution in [0.2, 0.25) is 0 Å². The lowest BCUT2D eigenvalue weighted by Crippen LogP contribution is -2.48. The molecule has 0 amide bonds. The molecule has 1 heterocycles. The first-order chi connectivity index (χ1) is 9.38. The van der Waals surface area contributed by atoms with E-state index in [4.69, 9.17) is 0 Å². The number of likely N-dealkylation sites (tertiary alicyclic amines) is 1. The van der Waals surface area contributed by atoms with Crippen molar-refractivity contribution >= 4 is 11.4 Å². The number of rotatable bonds is 3. The molecule has 0 aliphatic carbocycles. The Balaban J connectivity index is 2.12. The van der Waals surface area contributed by atoms with Gasteiger partial charge < -0.3 is 10.2 Å². The van der Waals surface area contributed by atoms with Gasteiger partial charge in [-0.2, -0.15) is 0 Å². The third-order valence-electron chi connectivity index (χ3n) is 4.11. The lowest BCUT2D eigenvalue weighted by molar-refractivity contribution is -0.385. The van der Waals surface area contributed by atoms with E-state index in [-0.39, 0.29) is 11.7 Å². The Hall–Kier alpha value is -1.69. The summed E-state index contributed by atoms with van der Waals surface area (Å²) >= 11 is 0. The first-order valence-corrected chi connectivity index (χ1v) is 6.79. The quantitative estimate of drug-likeness (QED) is 0.683. The van der Waals surface area contributed by atoms with E-state index in [0.29, 0.717) is 17.6 Å². The average Bonchev–Trinajstić information content (AvgIpc) is 2.37. The zero-order chi connectivity index (χ0) is 14.9. The van der Waals surface area contributed by atoms with Crippen LogP contribution in [0.5, 0.6) is 0 Å². The Kier molecular flexibility index (Phi) is 4.23. The van der Waals surface area contributed by atoms with Crippen LogP contribution in [-0.2, 0) is 0 Å². The monoisotopic (exact) mass is 281 g/mol. The maximum absolute atomic E-state index is 13.9. The molecule has 0 bridgehead atoms. The summed E-state index contributed by atoms with van der Waals surface area (Å²) in [5.74, 6) is -0.177. The van der Waals surface area contributed by atoms with Gasteiger partial charge in [0.1, 0.15) is 0 Å². The van der Waals surface area contributed by atoms with E-state index in [1.807, 2.05) is 0 Å². The van der Waals surface area contributed by atoms with Gasteiger partial charge in [0, 0.05) is 24.7 Å². The van der Waals surface area contributed by atoms with E-state index in [1.165, 1.54) is 12.1 Å². The van der Waals surface area contributed by atoms with E-state index in [2.05, 4.69) is 31.1 Å². The largest absolute Gasteiger partial charge is 0.380 e. The zero-order valence-electron chi connectivity index (χ0n) is 12.0. The number of piperidine rings is 1. The fourth-order valence-corrected chi connectivity index (χ4v) is 2.68. The summed E-state index contributed by atoms with van der Waals surface area (Å²) in [5.41, 5.74) is 0.113. The molecule has 1 fully saturated rings. The van der Waals surface area contributed by atoms with E-state index in [1.54, 1.807) is 0 Å². The molecule has 5 nitrogen and oxygen atoms in total. The maximum atomic E-state index is 13.9. The second-order valence-corrected chi connectivity index (χ2v) is 5.67. The molecule has 2 rings (SSSR count). The average molecular weight is 281 g/mol. The van der Waals surface area contributed by atoms with Crippen LogP contribution in [0.3, 0.4) is 0 Å². The molecule has 0 spiro atoms. The van der Waals surface area contributed by atoms with E-state index in [9.17, 15) is 14.5 Å². The van der Waals surface area contributed by atoms with Crippen molar-refractivity contribution in [3.63, 3.8) is 0 Å². The van der Waals surface area contributed by atoms with Crippen molar-refractivity contribution in [3.05, 3.63) is 34.1 Å². The highest BCUT2D eigenvalue weighted by atomic mass is 19.1. The van der Waals surface area contributed by atoms with E-state index >= 15 is 0 Å². The van der Waals surface area contributed by atoms with Crippen LogP contribution in [0, 0.1) is 21.8 Å². The van der Waals surface area contributed by atoms with Gasteiger partial charge in [-0.1, -0.05) is 6.92 Å². The van der Waals surface area contributed by atoms with Gasteiger partial charge in [0.2, 0.25) is 0 Å². The summed E-state index contributed by atoms with van der Waals surface area (Å²) in [6.07, 6.45) is 0.925. The second kappa shape index (κ2) is 5.75. The first-order valence-electron chi connectivity index (χ1n) is 6.79. The van der Waals surface area contributed by atoms with Crippen LogP contribution >= 0.6 is 0 Å². The summed E-state index contributed by atoms with van der Waals surface area (Å²) in [7, 11) is 2.09. The fraction of sp³-hybridized carbons (Fsp3) is 0.571.